The smallest absolute Gasteiger partial charge is 0.267 e. The highest BCUT2D eigenvalue weighted by Crippen LogP contribution is 2.42. The number of carbonyl (C=O) groups excluding carboxylic acids is 2. The Morgan fingerprint density at radius 2 is 1.00 bits per heavy atom. The van der Waals surface area contributed by atoms with E-state index >= 15 is 0 Å². The summed E-state index contributed by atoms with van der Waals surface area (Å²) >= 11 is 13.3. The molecule has 0 aliphatic carbocycles. The van der Waals surface area contributed by atoms with E-state index < -0.39 is 0 Å². The summed E-state index contributed by atoms with van der Waals surface area (Å²) in [6, 6.07) is 11.2. The van der Waals surface area contributed by atoms with Crippen molar-refractivity contribution in [2.75, 3.05) is 41.5 Å². The van der Waals surface area contributed by atoms with E-state index in [9.17, 15) is 9.59 Å². The van der Waals surface area contributed by atoms with Crippen LogP contribution in [0.3, 0.4) is 0 Å². The van der Waals surface area contributed by atoms with Gasteiger partial charge in [-0.05, 0) is 48.2 Å². The number of benzene rings is 2. The van der Waals surface area contributed by atoms with Crippen LogP contribution in [-0.4, -0.2) is 71.8 Å². The Labute approximate surface area is 240 Å². The summed E-state index contributed by atoms with van der Waals surface area (Å²) in [5.74, 6) is 1.95. The third-order valence-corrected chi connectivity index (χ3v) is 9.07. The molecule has 0 N–H and O–H groups in total. The Morgan fingerprint density at radius 3 is 1.34 bits per heavy atom. The van der Waals surface area contributed by atoms with Gasteiger partial charge in [0.25, 0.3) is 11.8 Å². The number of hydrogen-bond acceptors (Lipinski definition) is 10. The van der Waals surface area contributed by atoms with E-state index in [2.05, 4.69) is 0 Å². The van der Waals surface area contributed by atoms with Crippen LogP contribution in [0.4, 0.5) is 0 Å². The average molecular weight is 591 g/mol. The quantitative estimate of drug-likeness (QED) is 0.293. The molecule has 0 unspecified atom stereocenters. The van der Waals surface area contributed by atoms with Gasteiger partial charge in [-0.3, -0.25) is 19.4 Å². The second-order valence-electron chi connectivity index (χ2n) is 8.19. The van der Waals surface area contributed by atoms with Crippen LogP contribution in [0.2, 0.25) is 0 Å². The number of carbonyl (C=O) groups is 2. The van der Waals surface area contributed by atoms with Crippen LogP contribution in [0.1, 0.15) is 11.1 Å². The molecule has 0 saturated carbocycles. The molecule has 2 amide bonds. The fourth-order valence-corrected chi connectivity index (χ4v) is 6.78. The molecule has 0 bridgehead atoms. The number of nitrogens with zero attached hydrogens (tertiary/aromatic N) is 2. The highest BCUT2D eigenvalue weighted by Gasteiger charge is 2.41. The van der Waals surface area contributed by atoms with Crippen molar-refractivity contribution in [3.05, 3.63) is 57.3 Å². The molecule has 0 atom stereocenters. The Kier molecular flexibility index (Phi) is 9.19. The van der Waals surface area contributed by atoms with E-state index in [1.165, 1.54) is 9.80 Å². The van der Waals surface area contributed by atoms with Gasteiger partial charge in [-0.15, -0.1) is 0 Å². The summed E-state index contributed by atoms with van der Waals surface area (Å²) in [5, 5.41) is 0. The maximum Gasteiger partial charge on any atom is 0.267 e. The van der Waals surface area contributed by atoms with Gasteiger partial charge in [0.2, 0.25) is 0 Å². The van der Waals surface area contributed by atoms with Gasteiger partial charge in [0.05, 0.1) is 38.2 Å². The van der Waals surface area contributed by atoms with Crippen LogP contribution in [-0.2, 0) is 22.4 Å². The summed E-state index contributed by atoms with van der Waals surface area (Å²) in [5.41, 5.74) is 1.94. The van der Waals surface area contributed by atoms with Crippen molar-refractivity contribution < 1.29 is 28.5 Å². The van der Waals surface area contributed by atoms with E-state index in [0.29, 0.717) is 67.4 Å². The number of ether oxygens (including phenoxy) is 4. The van der Waals surface area contributed by atoms with Crippen LogP contribution < -0.4 is 18.9 Å². The highest BCUT2D eigenvalue weighted by atomic mass is 32.2. The molecule has 2 aliphatic heterocycles. The van der Waals surface area contributed by atoms with Gasteiger partial charge in [0, 0.05) is 13.1 Å². The van der Waals surface area contributed by atoms with Crippen molar-refractivity contribution in [2.45, 2.75) is 12.8 Å². The average Bonchev–Trinajstić information content (AvgIpc) is 3.38. The minimum atomic E-state index is -0.277. The summed E-state index contributed by atoms with van der Waals surface area (Å²) in [4.78, 5) is 30.3. The molecule has 0 radical (unpaired) electrons. The number of hydrogen-bond donors (Lipinski definition) is 0. The number of thioether (sulfide) groups is 2. The summed E-state index contributed by atoms with van der Waals surface area (Å²) < 4.78 is 22.1. The molecule has 2 aromatic carbocycles. The third kappa shape index (κ3) is 5.78. The monoisotopic (exact) mass is 590 g/mol. The number of thiocarbonyl (C=S) groups is 2. The van der Waals surface area contributed by atoms with E-state index in [-0.39, 0.29) is 11.8 Å². The van der Waals surface area contributed by atoms with Crippen molar-refractivity contribution in [1.82, 2.24) is 9.80 Å². The first kappa shape index (κ1) is 28.2. The largest absolute Gasteiger partial charge is 0.493 e. The number of methoxy groups -OCH3 is 4. The topological polar surface area (TPSA) is 77.5 Å². The van der Waals surface area contributed by atoms with E-state index in [1.807, 2.05) is 36.4 Å². The molecule has 38 heavy (non-hydrogen) atoms. The Hall–Kier alpha value is -2.80. The molecule has 200 valence electrons. The van der Waals surface area contributed by atoms with Gasteiger partial charge < -0.3 is 18.9 Å². The SMILES string of the molecule is COc1ccc(CCN2C(=O)C(=C3SC(=S)N(CCc4ccc(OC)c(OC)c4)C3=O)SC2=S)cc1OC. The molecule has 0 spiro atoms. The summed E-state index contributed by atoms with van der Waals surface area (Å²) in [7, 11) is 6.31. The number of rotatable bonds is 10. The van der Waals surface area contributed by atoms with E-state index in [4.69, 9.17) is 43.4 Å². The van der Waals surface area contributed by atoms with Gasteiger partial charge in [-0.25, -0.2) is 0 Å². The highest BCUT2D eigenvalue weighted by molar-refractivity contribution is 8.29. The van der Waals surface area contributed by atoms with Crippen molar-refractivity contribution in [3.8, 4) is 23.0 Å². The second kappa shape index (κ2) is 12.4. The molecule has 2 heterocycles. The minimum Gasteiger partial charge on any atom is -0.493 e. The van der Waals surface area contributed by atoms with Crippen molar-refractivity contribution in [2.24, 2.45) is 0 Å². The predicted molar refractivity (Wildman–Crippen MR) is 157 cm³/mol. The van der Waals surface area contributed by atoms with Crippen LogP contribution in [0.15, 0.2) is 46.2 Å². The van der Waals surface area contributed by atoms with Crippen molar-refractivity contribution in [3.63, 3.8) is 0 Å². The molecule has 8 nitrogen and oxygen atoms in total. The van der Waals surface area contributed by atoms with Gasteiger partial charge in [0.15, 0.2) is 23.0 Å². The normalized spacial score (nSPS) is 17.5. The Balaban J connectivity index is 1.44. The lowest BCUT2D eigenvalue weighted by Crippen LogP contribution is -2.32. The molecular formula is C26H26N2O6S4. The van der Waals surface area contributed by atoms with E-state index in [1.54, 1.807) is 28.4 Å². The van der Waals surface area contributed by atoms with Crippen LogP contribution >= 0.6 is 48.0 Å². The maximum atomic E-state index is 13.3. The van der Waals surface area contributed by atoms with Gasteiger partial charge in [-0.1, -0.05) is 60.1 Å². The maximum absolute atomic E-state index is 13.3. The minimum absolute atomic E-state index is 0.277. The zero-order valence-corrected chi connectivity index (χ0v) is 24.5. The number of amides is 2. The molecular weight excluding hydrogens is 565 g/mol. The van der Waals surface area contributed by atoms with Gasteiger partial charge >= 0.3 is 0 Å². The molecule has 2 fully saturated rings. The first-order valence-electron chi connectivity index (χ1n) is 11.5. The standard InChI is InChI=1S/C26H26N2O6S4/c1-31-17-7-5-15(13-19(17)33-3)9-11-27-23(29)21(37-25(27)35)22-24(30)28(26(36)38-22)12-10-16-6-8-18(32-2)20(14-16)34-4/h5-8,13-14H,9-12H2,1-4H3. The summed E-state index contributed by atoms with van der Waals surface area (Å²) in [6.45, 7) is 0.756. The Bertz CT molecular complexity index is 1230. The molecule has 0 aromatic heterocycles. The van der Waals surface area contributed by atoms with Crippen LogP contribution in [0, 0.1) is 0 Å². The van der Waals surface area contributed by atoms with Crippen LogP contribution in [0.25, 0.3) is 0 Å². The third-order valence-electron chi connectivity index (χ3n) is 6.05. The molecule has 2 aliphatic rings. The zero-order valence-electron chi connectivity index (χ0n) is 21.3. The lowest BCUT2D eigenvalue weighted by Gasteiger charge is -2.16. The summed E-state index contributed by atoms with van der Waals surface area (Å²) in [6.07, 6.45) is 1.12. The molecule has 2 saturated heterocycles. The predicted octanol–water partition coefficient (Wildman–Crippen LogP) is 4.44. The first-order valence-corrected chi connectivity index (χ1v) is 14.0. The fraction of sp³-hybridized carbons (Fsp3) is 0.308. The van der Waals surface area contributed by atoms with Crippen LogP contribution in [0.5, 0.6) is 23.0 Å². The van der Waals surface area contributed by atoms with Crippen molar-refractivity contribution in [1.29, 1.82) is 0 Å². The van der Waals surface area contributed by atoms with Gasteiger partial charge in [0.1, 0.15) is 8.64 Å². The molecule has 4 rings (SSSR count). The zero-order chi connectivity index (χ0) is 27.4. The molecule has 2 aromatic rings. The second-order valence-corrected chi connectivity index (χ2v) is 11.5. The lowest BCUT2D eigenvalue weighted by atomic mass is 10.1. The van der Waals surface area contributed by atoms with Gasteiger partial charge in [-0.2, -0.15) is 0 Å². The van der Waals surface area contributed by atoms with Crippen molar-refractivity contribution >= 4 is 68.4 Å². The fourth-order valence-electron chi connectivity index (χ4n) is 4.01. The molecule has 12 heteroatoms. The van der Waals surface area contributed by atoms with E-state index in [0.717, 1.165) is 34.7 Å². The Morgan fingerprint density at radius 1 is 0.632 bits per heavy atom. The lowest BCUT2D eigenvalue weighted by molar-refractivity contribution is -0.124. The first-order chi connectivity index (χ1) is 18.3.